The Morgan fingerprint density at radius 2 is 2.06 bits per heavy atom. The predicted molar refractivity (Wildman–Crippen MR) is 71.4 cm³/mol. The third-order valence-corrected chi connectivity index (χ3v) is 3.17. The average Bonchev–Trinajstić information content (AvgIpc) is 2.28. The molecule has 0 amide bonds. The van der Waals surface area contributed by atoms with Crippen molar-refractivity contribution in [2.75, 3.05) is 19.3 Å². The van der Waals surface area contributed by atoms with E-state index >= 15 is 0 Å². The first-order chi connectivity index (χ1) is 7.65. The number of unbranched alkanes of at least 4 members (excludes halogenated alkanes) is 2. The zero-order chi connectivity index (χ0) is 12.0. The number of benzene rings is 1. The highest BCUT2D eigenvalue weighted by atomic mass is 15.1. The molecule has 2 nitrogen and oxygen atoms in total. The molecule has 0 heterocycles. The molecule has 1 aromatic carbocycles. The number of anilines is 1. The van der Waals surface area contributed by atoms with Gasteiger partial charge in [-0.15, -0.1) is 0 Å². The van der Waals surface area contributed by atoms with Gasteiger partial charge in [0.05, 0.1) is 0 Å². The molecule has 0 aliphatic carbocycles. The Balaban J connectivity index is 2.52. The zero-order valence-corrected chi connectivity index (χ0v) is 10.7. The fourth-order valence-electron chi connectivity index (χ4n) is 1.88. The molecule has 1 aromatic rings. The molecule has 0 bridgehead atoms. The van der Waals surface area contributed by atoms with Crippen LogP contribution in [0.2, 0.25) is 0 Å². The average molecular weight is 220 g/mol. The number of hydrogen-bond donors (Lipinski definition) is 1. The summed E-state index contributed by atoms with van der Waals surface area (Å²) < 4.78 is 0. The molecular formula is C14H24N2. The van der Waals surface area contributed by atoms with E-state index < -0.39 is 0 Å². The lowest BCUT2D eigenvalue weighted by Crippen LogP contribution is -2.23. The Bertz CT molecular complexity index is 309. The minimum absolute atomic E-state index is 0.445. The highest BCUT2D eigenvalue weighted by molar-refractivity contribution is 5.41. The largest absolute Gasteiger partial charge is 0.399 e. The van der Waals surface area contributed by atoms with Gasteiger partial charge in [0.2, 0.25) is 0 Å². The van der Waals surface area contributed by atoms with E-state index in [-0.39, 0.29) is 0 Å². The van der Waals surface area contributed by atoms with Crippen LogP contribution in [0.25, 0.3) is 0 Å². The topological polar surface area (TPSA) is 29.3 Å². The summed E-state index contributed by atoms with van der Waals surface area (Å²) in [5.41, 5.74) is 7.96. The summed E-state index contributed by atoms with van der Waals surface area (Å²) in [5.74, 6) is 0. The van der Waals surface area contributed by atoms with E-state index in [1.165, 1.54) is 24.8 Å². The molecule has 0 radical (unpaired) electrons. The van der Waals surface area contributed by atoms with Crippen molar-refractivity contribution in [2.45, 2.75) is 39.2 Å². The number of rotatable bonds is 6. The number of hydrogen-bond acceptors (Lipinski definition) is 2. The molecule has 0 aliphatic heterocycles. The van der Waals surface area contributed by atoms with Gasteiger partial charge in [0.25, 0.3) is 0 Å². The maximum atomic E-state index is 5.80. The maximum absolute atomic E-state index is 5.80. The molecule has 0 spiro atoms. The van der Waals surface area contributed by atoms with Gasteiger partial charge in [0.1, 0.15) is 0 Å². The molecule has 0 saturated carbocycles. The Kier molecular flexibility index (Phi) is 5.33. The molecule has 1 rings (SSSR count). The molecule has 0 aliphatic rings. The van der Waals surface area contributed by atoms with E-state index in [9.17, 15) is 0 Å². The summed E-state index contributed by atoms with van der Waals surface area (Å²) in [6.45, 7) is 5.63. The van der Waals surface area contributed by atoms with Crippen molar-refractivity contribution < 1.29 is 0 Å². The highest BCUT2D eigenvalue weighted by Gasteiger charge is 2.10. The quantitative estimate of drug-likeness (QED) is 0.587. The molecule has 16 heavy (non-hydrogen) atoms. The summed E-state index contributed by atoms with van der Waals surface area (Å²) in [4.78, 5) is 2.39. The molecule has 0 fully saturated rings. The van der Waals surface area contributed by atoms with Crippen LogP contribution in [0.3, 0.4) is 0 Å². The van der Waals surface area contributed by atoms with E-state index in [4.69, 9.17) is 5.73 Å². The van der Waals surface area contributed by atoms with Crippen LogP contribution in [-0.2, 0) is 0 Å². The molecule has 0 aromatic heterocycles. The summed E-state index contributed by atoms with van der Waals surface area (Å²) in [6, 6.07) is 8.63. The van der Waals surface area contributed by atoms with Crippen LogP contribution in [0.1, 0.15) is 44.7 Å². The summed E-state index contributed by atoms with van der Waals surface area (Å²) in [7, 11) is 2.18. The normalized spacial score (nSPS) is 13.0. The summed E-state index contributed by atoms with van der Waals surface area (Å²) in [5, 5.41) is 0. The molecule has 1 unspecified atom stereocenters. The Morgan fingerprint density at radius 3 is 2.69 bits per heavy atom. The van der Waals surface area contributed by atoms with Gasteiger partial charge >= 0.3 is 0 Å². The van der Waals surface area contributed by atoms with Gasteiger partial charge in [0.15, 0.2) is 0 Å². The van der Waals surface area contributed by atoms with Crippen molar-refractivity contribution in [1.29, 1.82) is 0 Å². The van der Waals surface area contributed by atoms with Gasteiger partial charge in [-0.1, -0.05) is 31.9 Å². The van der Waals surface area contributed by atoms with Gasteiger partial charge < -0.3 is 5.73 Å². The second kappa shape index (κ2) is 6.54. The fraction of sp³-hybridized carbons (Fsp3) is 0.571. The second-order valence-electron chi connectivity index (χ2n) is 4.53. The number of nitrogens with two attached hydrogens (primary N) is 1. The van der Waals surface area contributed by atoms with E-state index in [2.05, 4.69) is 37.9 Å². The zero-order valence-electron chi connectivity index (χ0n) is 10.7. The van der Waals surface area contributed by atoms with E-state index in [1.54, 1.807) is 0 Å². The van der Waals surface area contributed by atoms with Crippen molar-refractivity contribution in [2.24, 2.45) is 0 Å². The molecule has 1 atom stereocenters. The van der Waals surface area contributed by atoms with Crippen molar-refractivity contribution >= 4 is 5.69 Å². The van der Waals surface area contributed by atoms with Crippen LogP contribution in [0.4, 0.5) is 5.69 Å². The van der Waals surface area contributed by atoms with Crippen LogP contribution in [0.15, 0.2) is 24.3 Å². The lowest BCUT2D eigenvalue weighted by Gasteiger charge is -2.25. The van der Waals surface area contributed by atoms with Crippen LogP contribution >= 0.6 is 0 Å². The Morgan fingerprint density at radius 1 is 1.31 bits per heavy atom. The minimum atomic E-state index is 0.445. The summed E-state index contributed by atoms with van der Waals surface area (Å²) in [6.07, 6.45) is 3.87. The van der Waals surface area contributed by atoms with Crippen molar-refractivity contribution in [1.82, 2.24) is 4.90 Å². The first kappa shape index (κ1) is 13.0. The molecule has 2 N–H and O–H groups in total. The molecule has 90 valence electrons. The lowest BCUT2D eigenvalue weighted by molar-refractivity contribution is 0.256. The van der Waals surface area contributed by atoms with Crippen LogP contribution in [0.5, 0.6) is 0 Å². The standard InChI is InChI=1S/C14H24N2/c1-4-5-6-10-16(3)12(2)13-8-7-9-14(15)11-13/h7-9,11-12H,4-6,10,15H2,1-3H3. The Labute approximate surface area is 99.5 Å². The fourth-order valence-corrected chi connectivity index (χ4v) is 1.88. The molecule has 0 saturated heterocycles. The predicted octanol–water partition coefficient (Wildman–Crippen LogP) is 3.45. The second-order valence-corrected chi connectivity index (χ2v) is 4.53. The maximum Gasteiger partial charge on any atom is 0.0317 e. The first-order valence-corrected chi connectivity index (χ1v) is 6.20. The van der Waals surface area contributed by atoms with Crippen LogP contribution in [0, 0.1) is 0 Å². The number of nitrogen functional groups attached to an aromatic ring is 1. The van der Waals surface area contributed by atoms with Gasteiger partial charge in [0, 0.05) is 11.7 Å². The van der Waals surface area contributed by atoms with Crippen LogP contribution < -0.4 is 5.73 Å². The third kappa shape index (κ3) is 3.86. The number of nitrogens with zero attached hydrogens (tertiary/aromatic N) is 1. The highest BCUT2D eigenvalue weighted by Crippen LogP contribution is 2.20. The van der Waals surface area contributed by atoms with Gasteiger partial charge in [-0.05, 0) is 44.6 Å². The van der Waals surface area contributed by atoms with Crippen molar-refractivity contribution in [3.05, 3.63) is 29.8 Å². The minimum Gasteiger partial charge on any atom is -0.399 e. The molecular weight excluding hydrogens is 196 g/mol. The molecule has 2 heteroatoms. The van der Waals surface area contributed by atoms with Crippen molar-refractivity contribution in [3.63, 3.8) is 0 Å². The van der Waals surface area contributed by atoms with Gasteiger partial charge in [-0.2, -0.15) is 0 Å². The lowest BCUT2D eigenvalue weighted by atomic mass is 10.1. The van der Waals surface area contributed by atoms with Gasteiger partial charge in [-0.25, -0.2) is 0 Å². The van der Waals surface area contributed by atoms with E-state index in [1.807, 2.05) is 12.1 Å². The third-order valence-electron chi connectivity index (χ3n) is 3.17. The summed E-state index contributed by atoms with van der Waals surface area (Å²) >= 11 is 0. The van der Waals surface area contributed by atoms with Crippen molar-refractivity contribution in [3.8, 4) is 0 Å². The van der Waals surface area contributed by atoms with E-state index in [0.717, 1.165) is 12.2 Å². The SMILES string of the molecule is CCCCCN(C)C(C)c1cccc(N)c1. The smallest absolute Gasteiger partial charge is 0.0317 e. The van der Waals surface area contributed by atoms with Crippen LogP contribution in [-0.4, -0.2) is 18.5 Å². The van der Waals surface area contributed by atoms with Gasteiger partial charge in [-0.3, -0.25) is 4.90 Å². The Hall–Kier alpha value is -1.02. The monoisotopic (exact) mass is 220 g/mol. The first-order valence-electron chi connectivity index (χ1n) is 6.20. The van der Waals surface area contributed by atoms with E-state index in [0.29, 0.717) is 6.04 Å².